The van der Waals surface area contributed by atoms with E-state index in [0.717, 1.165) is 32.1 Å². The van der Waals surface area contributed by atoms with Gasteiger partial charge in [0.05, 0.1) is 11.5 Å². The summed E-state index contributed by atoms with van der Waals surface area (Å²) >= 11 is 0. The molecule has 5 heteroatoms. The number of nitrogens with zero attached hydrogens (tertiary/aromatic N) is 1. The molecule has 9 atom stereocenters. The molecular formula is C31H43NO4. The molecule has 36 heavy (non-hydrogen) atoms. The molecule has 0 aliphatic heterocycles. The molecule has 0 amide bonds. The number of Topliss-reactive ketones (excluding diaryl/α,β-unsaturated/α-hetero) is 1. The molecule has 1 N–H and O–H groups in total. The fourth-order valence-corrected chi connectivity index (χ4v) is 10.5. The Morgan fingerprint density at radius 1 is 0.972 bits per heavy atom. The lowest BCUT2D eigenvalue weighted by Gasteiger charge is -2.70. The Labute approximate surface area is 216 Å². The Hall–Kier alpha value is -1.96. The number of allylic oxidation sites excluding steroid dienone is 2. The van der Waals surface area contributed by atoms with Gasteiger partial charge in [0.1, 0.15) is 5.92 Å². The van der Waals surface area contributed by atoms with Crippen LogP contribution in [-0.4, -0.2) is 22.6 Å². The van der Waals surface area contributed by atoms with E-state index in [2.05, 4.69) is 33.8 Å². The van der Waals surface area contributed by atoms with Gasteiger partial charge in [0.15, 0.2) is 11.6 Å². The Kier molecular flexibility index (Phi) is 5.23. The van der Waals surface area contributed by atoms with Crippen LogP contribution in [0.1, 0.15) is 99.8 Å². The lowest BCUT2D eigenvalue weighted by atomic mass is 9.33. The van der Waals surface area contributed by atoms with Gasteiger partial charge >= 0.3 is 5.97 Å². The van der Waals surface area contributed by atoms with Crippen molar-refractivity contribution in [3.8, 4) is 6.07 Å². The average molecular weight is 494 g/mol. The molecule has 5 nitrogen and oxygen atoms in total. The molecule has 1 unspecified atom stereocenters. The maximum atomic E-state index is 14.3. The molecule has 0 spiro atoms. The summed E-state index contributed by atoms with van der Waals surface area (Å²) in [6.45, 7) is 15.0. The van der Waals surface area contributed by atoms with Crippen LogP contribution in [0, 0.1) is 67.5 Å². The molecule has 4 fully saturated rings. The fourth-order valence-electron chi connectivity index (χ4n) is 10.5. The third-order valence-corrected chi connectivity index (χ3v) is 13.0. The summed E-state index contributed by atoms with van der Waals surface area (Å²) in [4.78, 5) is 39.8. The van der Waals surface area contributed by atoms with Gasteiger partial charge < -0.3 is 5.11 Å². The van der Waals surface area contributed by atoms with Crippen molar-refractivity contribution in [1.29, 1.82) is 5.26 Å². The van der Waals surface area contributed by atoms with E-state index in [9.17, 15) is 24.8 Å². The van der Waals surface area contributed by atoms with Gasteiger partial charge in [0.2, 0.25) is 0 Å². The Morgan fingerprint density at radius 3 is 2.22 bits per heavy atom. The van der Waals surface area contributed by atoms with Crippen molar-refractivity contribution in [3.63, 3.8) is 0 Å². The molecule has 0 aromatic heterocycles. The number of nitriles is 1. The quantitative estimate of drug-likeness (QED) is 0.458. The van der Waals surface area contributed by atoms with Gasteiger partial charge in [-0.3, -0.25) is 14.4 Å². The van der Waals surface area contributed by atoms with Crippen LogP contribution in [0.25, 0.3) is 0 Å². The number of carbonyl (C=O) groups excluding carboxylic acids is 2. The average Bonchev–Trinajstić information content (AvgIpc) is 2.78. The van der Waals surface area contributed by atoms with Crippen molar-refractivity contribution < 1.29 is 19.5 Å². The van der Waals surface area contributed by atoms with Crippen molar-refractivity contribution in [3.05, 3.63) is 11.6 Å². The number of aliphatic carboxylic acids is 1. The second kappa shape index (κ2) is 7.33. The summed E-state index contributed by atoms with van der Waals surface area (Å²) < 4.78 is 0. The number of rotatable bonds is 1. The van der Waals surface area contributed by atoms with E-state index in [4.69, 9.17) is 0 Å². The lowest BCUT2D eigenvalue weighted by molar-refractivity contribution is -0.191. The van der Waals surface area contributed by atoms with Crippen LogP contribution in [0.5, 0.6) is 0 Å². The smallest absolute Gasteiger partial charge is 0.309 e. The maximum Gasteiger partial charge on any atom is 0.309 e. The van der Waals surface area contributed by atoms with E-state index < -0.39 is 28.1 Å². The molecule has 5 aliphatic carbocycles. The van der Waals surface area contributed by atoms with Gasteiger partial charge in [-0.05, 0) is 97.9 Å². The molecule has 0 aromatic carbocycles. The third kappa shape index (κ3) is 2.91. The fraction of sp³-hybridized carbons (Fsp3) is 0.806. The van der Waals surface area contributed by atoms with Crippen LogP contribution >= 0.6 is 0 Å². The number of hydrogen-bond donors (Lipinski definition) is 1. The predicted molar refractivity (Wildman–Crippen MR) is 137 cm³/mol. The van der Waals surface area contributed by atoms with Gasteiger partial charge in [0.25, 0.3) is 0 Å². The first-order valence-electron chi connectivity index (χ1n) is 13.9. The van der Waals surface area contributed by atoms with Gasteiger partial charge in [-0.15, -0.1) is 0 Å². The molecule has 5 rings (SSSR count). The normalized spacial score (nSPS) is 51.6. The number of carbonyl (C=O) groups is 3. The van der Waals surface area contributed by atoms with E-state index >= 15 is 0 Å². The Balaban J connectivity index is 1.65. The standard InChI is InChI=1S/C31H43NO4/c1-26(2)22-8-9-31(7)23(29(22,5)15-18(17-32)24(26)34)21(33)14-19-20-16-28(4,25(35)36)11-10-27(20,3)12-13-30(19,31)6/h14,18,20,22-23H,8-13,15-16H2,1-7H3,(H,35,36)/t18?,20-,22-,23+,27+,28-,29-,30+,31+/m0/s1. The summed E-state index contributed by atoms with van der Waals surface area (Å²) in [5.74, 6) is -1.29. The molecule has 4 saturated carbocycles. The van der Waals surface area contributed by atoms with E-state index in [0.29, 0.717) is 19.3 Å². The van der Waals surface area contributed by atoms with Crippen molar-refractivity contribution in [1.82, 2.24) is 0 Å². The highest BCUT2D eigenvalue weighted by Gasteiger charge is 2.71. The first kappa shape index (κ1) is 25.7. The minimum atomic E-state index is -0.762. The van der Waals surface area contributed by atoms with Crippen LogP contribution in [0.15, 0.2) is 11.6 Å². The summed E-state index contributed by atoms with van der Waals surface area (Å²) in [6.07, 6.45) is 8.35. The zero-order valence-corrected chi connectivity index (χ0v) is 23.2. The number of ketones is 2. The number of fused-ring (bicyclic) bond motifs is 7. The van der Waals surface area contributed by atoms with Crippen LogP contribution in [0.4, 0.5) is 0 Å². The molecule has 0 radical (unpaired) electrons. The van der Waals surface area contributed by atoms with E-state index in [1.54, 1.807) is 0 Å². The van der Waals surface area contributed by atoms with Crippen molar-refractivity contribution in [2.45, 2.75) is 99.8 Å². The van der Waals surface area contributed by atoms with E-state index in [1.807, 2.05) is 26.8 Å². The third-order valence-electron chi connectivity index (χ3n) is 13.0. The maximum absolute atomic E-state index is 14.3. The molecule has 0 aromatic rings. The number of hydrogen-bond acceptors (Lipinski definition) is 4. The van der Waals surface area contributed by atoms with Crippen LogP contribution < -0.4 is 0 Å². The zero-order valence-electron chi connectivity index (χ0n) is 23.2. The van der Waals surface area contributed by atoms with E-state index in [-0.39, 0.29) is 45.6 Å². The highest BCUT2D eigenvalue weighted by molar-refractivity contribution is 5.97. The monoisotopic (exact) mass is 493 g/mol. The largest absolute Gasteiger partial charge is 0.481 e. The summed E-state index contributed by atoms with van der Waals surface area (Å²) in [5, 5.41) is 20.0. The van der Waals surface area contributed by atoms with Crippen LogP contribution in [-0.2, 0) is 14.4 Å². The van der Waals surface area contributed by atoms with Gasteiger partial charge in [-0.25, -0.2) is 0 Å². The minimum absolute atomic E-state index is 0.0238. The highest BCUT2D eigenvalue weighted by Crippen LogP contribution is 2.75. The van der Waals surface area contributed by atoms with Gasteiger partial charge in [0, 0.05) is 11.3 Å². The second-order valence-electron chi connectivity index (χ2n) is 15.0. The molecule has 0 heterocycles. The predicted octanol–water partition coefficient (Wildman–Crippen LogP) is 6.37. The Morgan fingerprint density at radius 2 is 1.61 bits per heavy atom. The summed E-state index contributed by atoms with van der Waals surface area (Å²) in [6, 6.07) is 2.29. The van der Waals surface area contributed by atoms with Gasteiger partial charge in [-0.2, -0.15) is 5.26 Å². The summed E-state index contributed by atoms with van der Waals surface area (Å²) in [5.41, 5.74) is -1.08. The summed E-state index contributed by atoms with van der Waals surface area (Å²) in [7, 11) is 0. The topological polar surface area (TPSA) is 95.2 Å². The first-order chi connectivity index (χ1) is 16.5. The Bertz CT molecular complexity index is 1130. The molecule has 0 bridgehead atoms. The first-order valence-corrected chi connectivity index (χ1v) is 13.9. The van der Waals surface area contributed by atoms with Crippen LogP contribution in [0.2, 0.25) is 0 Å². The lowest BCUT2D eigenvalue weighted by Crippen LogP contribution is -2.67. The molecule has 5 aliphatic rings. The molecular weight excluding hydrogens is 450 g/mol. The van der Waals surface area contributed by atoms with Gasteiger partial charge in [-0.1, -0.05) is 47.1 Å². The number of carboxylic acids is 1. The minimum Gasteiger partial charge on any atom is -0.481 e. The molecule has 196 valence electrons. The van der Waals surface area contributed by atoms with Crippen molar-refractivity contribution in [2.75, 3.05) is 0 Å². The highest BCUT2D eigenvalue weighted by atomic mass is 16.4. The van der Waals surface area contributed by atoms with E-state index in [1.165, 1.54) is 5.57 Å². The molecule has 0 saturated heterocycles. The zero-order chi connectivity index (χ0) is 26.7. The van der Waals surface area contributed by atoms with Crippen LogP contribution in [0.3, 0.4) is 0 Å². The second-order valence-corrected chi connectivity index (χ2v) is 15.0. The SMILES string of the molecule is CC1(C)C(=O)C(C#N)C[C@]2(C)[C@H]3C(=O)C=C4[C@@H]5C[C@@](C)(C(=O)O)CC[C@]5(C)CC[C@@]4(C)[C@]3(C)CC[C@@H]12. The van der Waals surface area contributed by atoms with Crippen molar-refractivity contribution >= 4 is 17.5 Å². The number of carboxylic acid groups (broad SMARTS) is 1. The van der Waals surface area contributed by atoms with Crippen molar-refractivity contribution in [2.24, 2.45) is 56.2 Å².